The van der Waals surface area contributed by atoms with Crippen LogP contribution in [0.15, 0.2) is 18.2 Å². The molecule has 0 aromatic heterocycles. The van der Waals surface area contributed by atoms with E-state index in [9.17, 15) is 23.1 Å². The Kier molecular flexibility index (Phi) is 2.32. The van der Waals surface area contributed by atoms with Gasteiger partial charge in [-0.3, -0.25) is 4.79 Å². The lowest BCUT2D eigenvalue weighted by Gasteiger charge is -2.33. The number of alkyl halides is 3. The SMILES string of the molecule is Cc1ccc2c(c1)NC(=O)[C@](O)(C(F)(F)F)O2. The maximum Gasteiger partial charge on any atom is 0.465 e. The van der Waals surface area contributed by atoms with Gasteiger partial charge >= 0.3 is 17.9 Å². The topological polar surface area (TPSA) is 58.6 Å². The average molecular weight is 247 g/mol. The Morgan fingerprint density at radius 2 is 2.06 bits per heavy atom. The van der Waals surface area contributed by atoms with E-state index >= 15 is 0 Å². The fourth-order valence-electron chi connectivity index (χ4n) is 1.43. The molecule has 7 heteroatoms. The number of amides is 1. The van der Waals surface area contributed by atoms with E-state index in [0.717, 1.165) is 5.56 Å². The number of carbonyl (C=O) groups is 1. The number of fused-ring (bicyclic) bond motifs is 1. The summed E-state index contributed by atoms with van der Waals surface area (Å²) in [5.41, 5.74) is 0.842. The van der Waals surface area contributed by atoms with Gasteiger partial charge in [-0.15, -0.1) is 0 Å². The molecular formula is C10H8F3NO3. The lowest BCUT2D eigenvalue weighted by molar-refractivity contribution is -0.316. The van der Waals surface area contributed by atoms with Crippen LogP contribution >= 0.6 is 0 Å². The Morgan fingerprint density at radius 1 is 1.41 bits per heavy atom. The van der Waals surface area contributed by atoms with Crippen LogP contribution in [-0.4, -0.2) is 23.0 Å². The standard InChI is InChI=1S/C10H8F3NO3/c1-5-2-3-7-6(4-5)14-8(15)9(16,17-7)10(11,12)13/h2-4,16H,1H3,(H,14,15)/t9-/m1/s1. The second-order valence-electron chi connectivity index (χ2n) is 3.70. The van der Waals surface area contributed by atoms with Gasteiger partial charge in [0.05, 0.1) is 5.69 Å². The number of nitrogens with one attached hydrogen (secondary N) is 1. The lowest BCUT2D eigenvalue weighted by atomic mass is 10.1. The van der Waals surface area contributed by atoms with Crippen LogP contribution in [0.2, 0.25) is 0 Å². The van der Waals surface area contributed by atoms with Gasteiger partial charge < -0.3 is 15.2 Å². The molecule has 0 saturated heterocycles. The van der Waals surface area contributed by atoms with Crippen molar-refractivity contribution in [3.63, 3.8) is 0 Å². The summed E-state index contributed by atoms with van der Waals surface area (Å²) in [4.78, 5) is 11.2. The molecule has 4 nitrogen and oxygen atoms in total. The van der Waals surface area contributed by atoms with Crippen LogP contribution in [0.3, 0.4) is 0 Å². The van der Waals surface area contributed by atoms with Crippen molar-refractivity contribution in [1.82, 2.24) is 0 Å². The Morgan fingerprint density at radius 3 is 2.65 bits per heavy atom. The Balaban J connectivity index is 2.47. The highest BCUT2D eigenvalue weighted by atomic mass is 19.4. The molecule has 0 bridgehead atoms. The predicted molar refractivity (Wildman–Crippen MR) is 51.4 cm³/mol. The average Bonchev–Trinajstić information content (AvgIpc) is 2.19. The Labute approximate surface area is 94.0 Å². The summed E-state index contributed by atoms with van der Waals surface area (Å²) in [5.74, 6) is -5.71. The monoisotopic (exact) mass is 247 g/mol. The van der Waals surface area contributed by atoms with E-state index in [1.807, 2.05) is 5.32 Å². The minimum atomic E-state index is -5.21. The number of hydrogen-bond acceptors (Lipinski definition) is 3. The summed E-state index contributed by atoms with van der Waals surface area (Å²) in [5, 5.41) is 11.2. The molecule has 1 aromatic rings. The maximum atomic E-state index is 12.5. The second-order valence-corrected chi connectivity index (χ2v) is 3.70. The molecule has 1 atom stereocenters. The first kappa shape index (κ1) is 11.7. The van der Waals surface area contributed by atoms with Crippen LogP contribution in [0.1, 0.15) is 5.56 Å². The van der Waals surface area contributed by atoms with Crippen molar-refractivity contribution in [3.05, 3.63) is 23.8 Å². The van der Waals surface area contributed by atoms with Gasteiger partial charge in [0.2, 0.25) is 0 Å². The molecular weight excluding hydrogens is 239 g/mol. The summed E-state index contributed by atoms with van der Waals surface area (Å²) >= 11 is 0. The van der Waals surface area contributed by atoms with Crippen molar-refractivity contribution < 1.29 is 27.8 Å². The second kappa shape index (κ2) is 3.36. The van der Waals surface area contributed by atoms with Gasteiger partial charge in [-0.05, 0) is 24.6 Å². The van der Waals surface area contributed by atoms with Crippen LogP contribution in [0.4, 0.5) is 18.9 Å². The number of aliphatic hydroxyl groups is 1. The molecule has 0 radical (unpaired) electrons. The number of benzene rings is 1. The number of ether oxygens (including phenoxy) is 1. The normalized spacial score (nSPS) is 23.7. The first-order valence-corrected chi connectivity index (χ1v) is 4.64. The van der Waals surface area contributed by atoms with Crippen molar-refractivity contribution >= 4 is 11.6 Å². The summed E-state index contributed by atoms with van der Waals surface area (Å²) in [6, 6.07) is 4.21. The van der Waals surface area contributed by atoms with E-state index in [-0.39, 0.29) is 11.4 Å². The third kappa shape index (κ3) is 1.72. The van der Waals surface area contributed by atoms with E-state index in [2.05, 4.69) is 4.74 Å². The van der Waals surface area contributed by atoms with Crippen LogP contribution < -0.4 is 10.1 Å². The van der Waals surface area contributed by atoms with E-state index < -0.39 is 17.9 Å². The third-order valence-electron chi connectivity index (χ3n) is 2.33. The number of hydrogen-bond donors (Lipinski definition) is 2. The number of anilines is 1. The molecule has 0 aliphatic carbocycles. The quantitative estimate of drug-likeness (QED) is 0.731. The van der Waals surface area contributed by atoms with Gasteiger partial charge in [-0.1, -0.05) is 6.07 Å². The summed E-state index contributed by atoms with van der Waals surface area (Å²) in [6.07, 6.45) is -5.21. The zero-order valence-corrected chi connectivity index (χ0v) is 8.63. The number of halogens is 3. The lowest BCUT2D eigenvalue weighted by Crippen LogP contribution is -2.60. The molecule has 1 amide bonds. The van der Waals surface area contributed by atoms with E-state index in [1.54, 1.807) is 6.92 Å². The van der Waals surface area contributed by atoms with Crippen LogP contribution in [-0.2, 0) is 4.79 Å². The van der Waals surface area contributed by atoms with Crippen LogP contribution in [0.25, 0.3) is 0 Å². The fourth-order valence-corrected chi connectivity index (χ4v) is 1.43. The molecule has 2 N–H and O–H groups in total. The summed E-state index contributed by atoms with van der Waals surface area (Å²) in [7, 11) is 0. The predicted octanol–water partition coefficient (Wildman–Crippen LogP) is 1.58. The molecule has 0 spiro atoms. The van der Waals surface area contributed by atoms with Gasteiger partial charge in [0.15, 0.2) is 0 Å². The molecule has 0 unspecified atom stereocenters. The van der Waals surface area contributed by atoms with Crippen molar-refractivity contribution in [3.8, 4) is 5.75 Å². The summed E-state index contributed by atoms with van der Waals surface area (Å²) < 4.78 is 41.9. The highest BCUT2D eigenvalue weighted by Gasteiger charge is 2.64. The maximum absolute atomic E-state index is 12.5. The first-order chi connectivity index (χ1) is 7.74. The van der Waals surface area contributed by atoms with Crippen molar-refractivity contribution in [1.29, 1.82) is 0 Å². The highest BCUT2D eigenvalue weighted by Crippen LogP contribution is 2.40. The van der Waals surface area contributed by atoms with Crippen LogP contribution in [0, 0.1) is 6.92 Å². The first-order valence-electron chi connectivity index (χ1n) is 4.64. The zero-order valence-electron chi connectivity index (χ0n) is 8.63. The molecule has 2 rings (SSSR count). The van der Waals surface area contributed by atoms with Crippen molar-refractivity contribution in [2.75, 3.05) is 5.32 Å². The minimum Gasteiger partial charge on any atom is -0.444 e. The molecule has 1 aliphatic heterocycles. The Bertz CT molecular complexity index is 486. The molecule has 0 saturated carbocycles. The van der Waals surface area contributed by atoms with Gasteiger partial charge in [-0.2, -0.15) is 13.2 Å². The molecule has 92 valence electrons. The number of carbonyl (C=O) groups excluding carboxylic acids is 1. The van der Waals surface area contributed by atoms with E-state index in [0.29, 0.717) is 0 Å². The molecule has 0 fully saturated rings. The molecule has 1 aromatic carbocycles. The Hall–Kier alpha value is -1.76. The van der Waals surface area contributed by atoms with E-state index in [1.165, 1.54) is 18.2 Å². The third-order valence-corrected chi connectivity index (χ3v) is 2.33. The zero-order chi connectivity index (χ0) is 12.8. The van der Waals surface area contributed by atoms with E-state index in [4.69, 9.17) is 0 Å². The molecule has 1 heterocycles. The molecule has 1 aliphatic rings. The van der Waals surface area contributed by atoms with Gasteiger partial charge in [-0.25, -0.2) is 0 Å². The van der Waals surface area contributed by atoms with Gasteiger partial charge in [0.25, 0.3) is 0 Å². The number of aryl methyl sites for hydroxylation is 1. The summed E-state index contributed by atoms with van der Waals surface area (Å²) in [6.45, 7) is 1.71. The number of rotatable bonds is 0. The smallest absolute Gasteiger partial charge is 0.444 e. The van der Waals surface area contributed by atoms with Gasteiger partial charge in [0, 0.05) is 0 Å². The molecule has 17 heavy (non-hydrogen) atoms. The minimum absolute atomic E-state index is 0.101. The van der Waals surface area contributed by atoms with Gasteiger partial charge in [0.1, 0.15) is 5.75 Å². The highest BCUT2D eigenvalue weighted by molar-refractivity contribution is 6.00. The fraction of sp³-hybridized carbons (Fsp3) is 0.300. The van der Waals surface area contributed by atoms with Crippen molar-refractivity contribution in [2.45, 2.75) is 18.9 Å². The van der Waals surface area contributed by atoms with Crippen LogP contribution in [0.5, 0.6) is 5.75 Å². The van der Waals surface area contributed by atoms with Crippen molar-refractivity contribution in [2.24, 2.45) is 0 Å². The largest absolute Gasteiger partial charge is 0.465 e.